The third-order valence-corrected chi connectivity index (χ3v) is 2.68. The number of aromatic nitrogens is 1. The molecule has 3 heteroatoms. The zero-order valence-electron chi connectivity index (χ0n) is 6.07. The Labute approximate surface area is 67.7 Å². The molecule has 0 saturated carbocycles. The first-order valence-electron chi connectivity index (χ1n) is 3.32. The van der Waals surface area contributed by atoms with Gasteiger partial charge in [0.05, 0.1) is 5.39 Å². The summed E-state index contributed by atoms with van der Waals surface area (Å²) in [5, 5.41) is 2.76. The molecule has 0 radical (unpaired) electrons. The van der Waals surface area contributed by atoms with Gasteiger partial charge in [0, 0.05) is 19.3 Å². The summed E-state index contributed by atoms with van der Waals surface area (Å²) in [4.78, 5) is 12.2. The standard InChI is InChI=1S/C8H7NOS/c1-9-4-2-7(10)6-3-5-11-8(6)9/h2-5H,1H3. The fraction of sp³-hybridized carbons (Fsp3) is 0.125. The van der Waals surface area contributed by atoms with Crippen LogP contribution in [0.4, 0.5) is 0 Å². The largest absolute Gasteiger partial charge is 0.342 e. The normalized spacial score (nSPS) is 10.6. The first-order chi connectivity index (χ1) is 5.29. The van der Waals surface area contributed by atoms with Crippen molar-refractivity contribution in [3.8, 4) is 0 Å². The Morgan fingerprint density at radius 2 is 2.27 bits per heavy atom. The van der Waals surface area contributed by atoms with E-state index in [9.17, 15) is 4.79 Å². The molecule has 0 amide bonds. The van der Waals surface area contributed by atoms with Crippen LogP contribution in [0.3, 0.4) is 0 Å². The number of nitrogens with zero attached hydrogens (tertiary/aromatic N) is 1. The molecule has 2 rings (SSSR count). The molecule has 0 aliphatic rings. The second-order valence-electron chi connectivity index (χ2n) is 2.43. The number of hydrogen-bond donors (Lipinski definition) is 0. The van der Waals surface area contributed by atoms with Crippen LogP contribution in [0.2, 0.25) is 0 Å². The van der Waals surface area contributed by atoms with Crippen LogP contribution in [0, 0.1) is 0 Å². The van der Waals surface area contributed by atoms with Gasteiger partial charge in [0.25, 0.3) is 0 Å². The molecule has 0 fully saturated rings. The Bertz CT molecular complexity index is 441. The molecular weight excluding hydrogens is 158 g/mol. The molecule has 0 saturated heterocycles. The summed E-state index contributed by atoms with van der Waals surface area (Å²) < 4.78 is 1.96. The van der Waals surface area contributed by atoms with Crippen molar-refractivity contribution in [3.05, 3.63) is 33.9 Å². The summed E-state index contributed by atoms with van der Waals surface area (Å²) in [6.45, 7) is 0. The first-order valence-corrected chi connectivity index (χ1v) is 4.20. The number of aryl methyl sites for hydroxylation is 1. The average Bonchev–Trinajstić information content (AvgIpc) is 2.45. The number of rotatable bonds is 0. The van der Waals surface area contributed by atoms with Crippen LogP contribution < -0.4 is 5.43 Å². The number of hydrogen-bond acceptors (Lipinski definition) is 2. The van der Waals surface area contributed by atoms with Crippen LogP contribution in [0.1, 0.15) is 0 Å². The molecule has 0 bridgehead atoms. The van der Waals surface area contributed by atoms with Crippen molar-refractivity contribution in [1.29, 1.82) is 0 Å². The van der Waals surface area contributed by atoms with Crippen LogP contribution in [-0.2, 0) is 7.05 Å². The highest BCUT2D eigenvalue weighted by Crippen LogP contribution is 2.15. The van der Waals surface area contributed by atoms with Crippen molar-refractivity contribution in [1.82, 2.24) is 4.57 Å². The Balaban J connectivity index is 3.08. The fourth-order valence-corrected chi connectivity index (χ4v) is 1.95. The predicted octanol–water partition coefficient (Wildman–Crippen LogP) is 1.60. The summed E-state index contributed by atoms with van der Waals surface area (Å²) in [6, 6.07) is 3.46. The SMILES string of the molecule is Cn1ccc(=O)c2ccsc21. The molecule has 2 heterocycles. The van der Waals surface area contributed by atoms with Crippen LogP contribution in [0.15, 0.2) is 28.5 Å². The van der Waals surface area contributed by atoms with Crippen molar-refractivity contribution in [3.63, 3.8) is 0 Å². The topological polar surface area (TPSA) is 22.0 Å². The van der Waals surface area contributed by atoms with Gasteiger partial charge in [-0.25, -0.2) is 0 Å². The minimum Gasteiger partial charge on any atom is -0.342 e. The molecule has 0 aromatic carbocycles. The van der Waals surface area contributed by atoms with Gasteiger partial charge in [-0.15, -0.1) is 11.3 Å². The Morgan fingerprint density at radius 1 is 1.45 bits per heavy atom. The summed E-state index contributed by atoms with van der Waals surface area (Å²) in [5.41, 5.74) is 0.111. The van der Waals surface area contributed by atoms with Gasteiger partial charge in [-0.05, 0) is 11.4 Å². The molecule has 0 unspecified atom stereocenters. The fourth-order valence-electron chi connectivity index (χ4n) is 1.10. The molecular formula is C8H7NOS. The minimum atomic E-state index is 0.111. The van der Waals surface area contributed by atoms with Crippen LogP contribution in [0.25, 0.3) is 10.2 Å². The van der Waals surface area contributed by atoms with Gasteiger partial charge >= 0.3 is 0 Å². The molecule has 2 nitrogen and oxygen atoms in total. The first kappa shape index (κ1) is 6.61. The molecule has 0 N–H and O–H groups in total. The van der Waals surface area contributed by atoms with Gasteiger partial charge in [0.15, 0.2) is 5.43 Å². The van der Waals surface area contributed by atoms with Gasteiger partial charge in [0.2, 0.25) is 0 Å². The smallest absolute Gasteiger partial charge is 0.190 e. The predicted molar refractivity (Wildman–Crippen MR) is 47.1 cm³/mol. The third kappa shape index (κ3) is 0.886. The van der Waals surface area contributed by atoms with Gasteiger partial charge in [-0.2, -0.15) is 0 Å². The minimum absolute atomic E-state index is 0.111. The molecule has 0 atom stereocenters. The lowest BCUT2D eigenvalue weighted by molar-refractivity contribution is 0.961. The second kappa shape index (κ2) is 2.20. The Hall–Kier alpha value is -1.09. The molecule has 2 aromatic rings. The zero-order chi connectivity index (χ0) is 7.84. The molecule has 11 heavy (non-hydrogen) atoms. The zero-order valence-corrected chi connectivity index (χ0v) is 6.89. The van der Waals surface area contributed by atoms with E-state index >= 15 is 0 Å². The Kier molecular flexibility index (Phi) is 1.32. The van der Waals surface area contributed by atoms with Crippen LogP contribution in [0.5, 0.6) is 0 Å². The monoisotopic (exact) mass is 165 g/mol. The molecule has 0 aliphatic carbocycles. The number of thiophene rings is 1. The maximum Gasteiger partial charge on any atom is 0.190 e. The van der Waals surface area contributed by atoms with Crippen LogP contribution >= 0.6 is 11.3 Å². The summed E-state index contributed by atoms with van der Waals surface area (Å²) in [5.74, 6) is 0. The average molecular weight is 165 g/mol. The Morgan fingerprint density at radius 3 is 3.00 bits per heavy atom. The van der Waals surface area contributed by atoms with Crippen molar-refractivity contribution < 1.29 is 0 Å². The van der Waals surface area contributed by atoms with E-state index in [1.54, 1.807) is 23.6 Å². The lowest BCUT2D eigenvalue weighted by Crippen LogP contribution is -2.01. The second-order valence-corrected chi connectivity index (χ2v) is 3.32. The maximum absolute atomic E-state index is 11.2. The van der Waals surface area contributed by atoms with E-state index in [1.165, 1.54) is 0 Å². The molecule has 0 spiro atoms. The molecule has 56 valence electrons. The van der Waals surface area contributed by atoms with E-state index in [4.69, 9.17) is 0 Å². The maximum atomic E-state index is 11.2. The van der Waals surface area contributed by atoms with E-state index in [-0.39, 0.29) is 5.43 Å². The van der Waals surface area contributed by atoms with Crippen molar-refractivity contribution in [2.75, 3.05) is 0 Å². The number of fused-ring (bicyclic) bond motifs is 1. The summed E-state index contributed by atoms with van der Waals surface area (Å²) in [6.07, 6.45) is 1.79. The van der Waals surface area contributed by atoms with Crippen molar-refractivity contribution >= 4 is 21.6 Å². The highest BCUT2D eigenvalue weighted by atomic mass is 32.1. The molecule has 2 aromatic heterocycles. The van der Waals surface area contributed by atoms with E-state index in [1.807, 2.05) is 23.1 Å². The third-order valence-electron chi connectivity index (χ3n) is 1.68. The highest BCUT2D eigenvalue weighted by Gasteiger charge is 1.99. The lowest BCUT2D eigenvalue weighted by Gasteiger charge is -1.96. The van der Waals surface area contributed by atoms with Gasteiger partial charge < -0.3 is 4.57 Å². The number of pyridine rings is 1. The quantitative estimate of drug-likeness (QED) is 0.581. The highest BCUT2D eigenvalue weighted by molar-refractivity contribution is 7.16. The van der Waals surface area contributed by atoms with Crippen molar-refractivity contribution in [2.24, 2.45) is 7.05 Å². The van der Waals surface area contributed by atoms with Crippen molar-refractivity contribution in [2.45, 2.75) is 0 Å². The molecule has 0 aliphatic heterocycles. The van der Waals surface area contributed by atoms with Gasteiger partial charge in [0.1, 0.15) is 4.83 Å². The van der Waals surface area contributed by atoms with E-state index in [2.05, 4.69) is 0 Å². The van der Waals surface area contributed by atoms with Gasteiger partial charge in [-0.3, -0.25) is 4.79 Å². The van der Waals surface area contributed by atoms with Crippen LogP contribution in [-0.4, -0.2) is 4.57 Å². The lowest BCUT2D eigenvalue weighted by atomic mass is 10.3. The van der Waals surface area contributed by atoms with E-state index < -0.39 is 0 Å². The summed E-state index contributed by atoms with van der Waals surface area (Å²) in [7, 11) is 1.94. The van der Waals surface area contributed by atoms with Gasteiger partial charge in [-0.1, -0.05) is 0 Å². The van der Waals surface area contributed by atoms with E-state index in [0.717, 1.165) is 10.2 Å². The van der Waals surface area contributed by atoms with E-state index in [0.29, 0.717) is 0 Å². The summed E-state index contributed by atoms with van der Waals surface area (Å²) >= 11 is 1.59.